The lowest BCUT2D eigenvalue weighted by atomic mass is 10.1. The first-order valence-corrected chi connectivity index (χ1v) is 6.38. The Hall–Kier alpha value is -1.59. The molecule has 0 aromatic heterocycles. The van der Waals surface area contributed by atoms with Crippen molar-refractivity contribution in [1.82, 2.24) is 10.6 Å². The van der Waals surface area contributed by atoms with Crippen molar-refractivity contribution in [2.45, 2.75) is 19.4 Å². The summed E-state index contributed by atoms with van der Waals surface area (Å²) in [7, 11) is 1.60. The predicted octanol–water partition coefficient (Wildman–Crippen LogP) is 0.675. The van der Waals surface area contributed by atoms with E-state index in [1.165, 1.54) is 0 Å². The van der Waals surface area contributed by atoms with E-state index in [4.69, 9.17) is 4.74 Å². The van der Waals surface area contributed by atoms with Crippen LogP contribution in [0.15, 0.2) is 24.3 Å². The van der Waals surface area contributed by atoms with E-state index in [-0.39, 0.29) is 17.7 Å². The molecular formula is C14H22N2O3. The SMILES string of the molecule is COCCNC(=O)CNC(C)Cc1ccc(O)cc1. The molecule has 0 fully saturated rings. The Kier molecular flexibility index (Phi) is 6.92. The number of phenols is 1. The fraction of sp³-hybridized carbons (Fsp3) is 0.500. The van der Waals surface area contributed by atoms with Gasteiger partial charge in [0.05, 0.1) is 13.2 Å². The number of phenolic OH excluding ortho intramolecular Hbond substituents is 1. The van der Waals surface area contributed by atoms with Crippen LogP contribution in [0.4, 0.5) is 0 Å². The van der Waals surface area contributed by atoms with Crippen LogP contribution in [0.3, 0.4) is 0 Å². The third-order valence-electron chi connectivity index (χ3n) is 2.72. The summed E-state index contributed by atoms with van der Waals surface area (Å²) in [6.07, 6.45) is 0.811. The minimum atomic E-state index is -0.0328. The number of rotatable bonds is 8. The van der Waals surface area contributed by atoms with Crippen molar-refractivity contribution in [1.29, 1.82) is 0 Å². The van der Waals surface area contributed by atoms with Crippen LogP contribution in [-0.4, -0.2) is 43.9 Å². The van der Waals surface area contributed by atoms with Crippen LogP contribution in [0, 0.1) is 0 Å². The first-order chi connectivity index (χ1) is 9.11. The molecular weight excluding hydrogens is 244 g/mol. The molecule has 5 heteroatoms. The van der Waals surface area contributed by atoms with Crippen LogP contribution < -0.4 is 10.6 Å². The zero-order chi connectivity index (χ0) is 14.1. The van der Waals surface area contributed by atoms with Crippen molar-refractivity contribution in [2.24, 2.45) is 0 Å². The molecule has 1 aromatic carbocycles. The fourth-order valence-corrected chi connectivity index (χ4v) is 1.68. The maximum atomic E-state index is 11.5. The summed E-state index contributed by atoms with van der Waals surface area (Å²) in [4.78, 5) is 11.5. The van der Waals surface area contributed by atoms with Gasteiger partial charge in [0.2, 0.25) is 5.91 Å². The van der Waals surface area contributed by atoms with E-state index in [1.54, 1.807) is 19.2 Å². The van der Waals surface area contributed by atoms with E-state index in [0.717, 1.165) is 12.0 Å². The quantitative estimate of drug-likeness (QED) is 0.605. The van der Waals surface area contributed by atoms with Gasteiger partial charge in [-0.3, -0.25) is 4.79 Å². The maximum Gasteiger partial charge on any atom is 0.234 e. The molecule has 0 radical (unpaired) electrons. The maximum absolute atomic E-state index is 11.5. The number of nitrogens with one attached hydrogen (secondary N) is 2. The Bertz CT molecular complexity index is 379. The van der Waals surface area contributed by atoms with Gasteiger partial charge in [0.1, 0.15) is 5.75 Å². The smallest absolute Gasteiger partial charge is 0.234 e. The Balaban J connectivity index is 2.22. The summed E-state index contributed by atoms with van der Waals surface area (Å²) in [5.74, 6) is 0.233. The van der Waals surface area contributed by atoms with E-state index >= 15 is 0 Å². The Labute approximate surface area is 114 Å². The zero-order valence-electron chi connectivity index (χ0n) is 11.5. The van der Waals surface area contributed by atoms with E-state index in [9.17, 15) is 9.90 Å². The molecule has 1 atom stereocenters. The fourth-order valence-electron chi connectivity index (χ4n) is 1.68. The van der Waals surface area contributed by atoms with Crippen molar-refractivity contribution in [3.63, 3.8) is 0 Å². The molecule has 0 heterocycles. The van der Waals surface area contributed by atoms with Crippen molar-refractivity contribution in [2.75, 3.05) is 26.8 Å². The first kappa shape index (κ1) is 15.5. The molecule has 106 valence electrons. The van der Waals surface area contributed by atoms with Crippen molar-refractivity contribution < 1.29 is 14.6 Å². The van der Waals surface area contributed by atoms with Crippen molar-refractivity contribution in [3.05, 3.63) is 29.8 Å². The highest BCUT2D eigenvalue weighted by Crippen LogP contribution is 2.10. The number of hydrogen-bond acceptors (Lipinski definition) is 4. The second-order valence-electron chi connectivity index (χ2n) is 4.50. The van der Waals surface area contributed by atoms with Gasteiger partial charge in [-0.2, -0.15) is 0 Å². The number of carbonyl (C=O) groups excluding carboxylic acids is 1. The van der Waals surface area contributed by atoms with E-state index in [1.807, 2.05) is 19.1 Å². The molecule has 0 aliphatic carbocycles. The number of benzene rings is 1. The lowest BCUT2D eigenvalue weighted by Gasteiger charge is -2.13. The molecule has 1 unspecified atom stereocenters. The average Bonchev–Trinajstić information content (AvgIpc) is 2.39. The summed E-state index contributed by atoms with van der Waals surface area (Å²) < 4.78 is 4.85. The van der Waals surface area contributed by atoms with Crippen molar-refractivity contribution in [3.8, 4) is 5.75 Å². The van der Waals surface area contributed by atoms with Gasteiger partial charge in [-0.05, 0) is 31.0 Å². The molecule has 3 N–H and O–H groups in total. The van der Waals surface area contributed by atoms with Crippen LogP contribution in [0.5, 0.6) is 5.75 Å². The second-order valence-corrected chi connectivity index (χ2v) is 4.50. The minimum absolute atomic E-state index is 0.0328. The standard InChI is InChI=1S/C14H22N2O3/c1-11(9-12-3-5-13(17)6-4-12)16-10-14(18)15-7-8-19-2/h3-6,11,16-17H,7-10H2,1-2H3,(H,15,18). The van der Waals surface area contributed by atoms with E-state index in [0.29, 0.717) is 19.7 Å². The number of carbonyl (C=O) groups is 1. The van der Waals surface area contributed by atoms with Crippen molar-refractivity contribution >= 4 is 5.91 Å². The Morgan fingerprint density at radius 2 is 2.05 bits per heavy atom. The molecule has 0 saturated carbocycles. The summed E-state index contributed by atoms with van der Waals surface area (Å²) in [6, 6.07) is 7.29. The first-order valence-electron chi connectivity index (χ1n) is 6.38. The molecule has 0 aliphatic rings. The number of methoxy groups -OCH3 is 1. The molecule has 1 rings (SSSR count). The predicted molar refractivity (Wildman–Crippen MR) is 74.2 cm³/mol. The Morgan fingerprint density at radius 1 is 1.37 bits per heavy atom. The lowest BCUT2D eigenvalue weighted by Crippen LogP contribution is -2.39. The number of hydrogen-bond donors (Lipinski definition) is 3. The molecule has 19 heavy (non-hydrogen) atoms. The van der Waals surface area contributed by atoms with Crippen LogP contribution in [0.1, 0.15) is 12.5 Å². The van der Waals surface area contributed by atoms with Gasteiger partial charge in [0.15, 0.2) is 0 Å². The number of ether oxygens (including phenoxy) is 1. The second kappa shape index (κ2) is 8.50. The highest BCUT2D eigenvalue weighted by atomic mass is 16.5. The summed E-state index contributed by atoms with van der Waals surface area (Å²) in [5, 5.41) is 15.1. The zero-order valence-corrected chi connectivity index (χ0v) is 11.5. The Morgan fingerprint density at radius 3 is 2.68 bits per heavy atom. The van der Waals surface area contributed by atoms with Crippen LogP contribution in [0.2, 0.25) is 0 Å². The highest BCUT2D eigenvalue weighted by Gasteiger charge is 2.06. The molecule has 5 nitrogen and oxygen atoms in total. The van der Waals surface area contributed by atoms with Gasteiger partial charge in [0.25, 0.3) is 0 Å². The van der Waals surface area contributed by atoms with Gasteiger partial charge >= 0.3 is 0 Å². The third kappa shape index (κ3) is 6.79. The topological polar surface area (TPSA) is 70.6 Å². The average molecular weight is 266 g/mol. The molecule has 1 amide bonds. The molecule has 0 saturated heterocycles. The largest absolute Gasteiger partial charge is 0.508 e. The molecule has 0 bridgehead atoms. The summed E-state index contributed by atoms with van der Waals surface area (Å²) in [5.41, 5.74) is 1.12. The lowest BCUT2D eigenvalue weighted by molar-refractivity contribution is -0.120. The van der Waals surface area contributed by atoms with E-state index < -0.39 is 0 Å². The minimum Gasteiger partial charge on any atom is -0.508 e. The normalized spacial score (nSPS) is 12.1. The van der Waals surface area contributed by atoms with Crippen LogP contribution in [-0.2, 0) is 16.0 Å². The number of aromatic hydroxyl groups is 1. The summed E-state index contributed by atoms with van der Waals surface area (Å²) >= 11 is 0. The van der Waals surface area contributed by atoms with Crippen LogP contribution >= 0.6 is 0 Å². The monoisotopic (exact) mass is 266 g/mol. The summed E-state index contributed by atoms with van der Waals surface area (Å²) in [6.45, 7) is 3.37. The van der Waals surface area contributed by atoms with Gasteiger partial charge in [-0.15, -0.1) is 0 Å². The van der Waals surface area contributed by atoms with Gasteiger partial charge < -0.3 is 20.5 Å². The van der Waals surface area contributed by atoms with Gasteiger partial charge in [0, 0.05) is 19.7 Å². The highest BCUT2D eigenvalue weighted by molar-refractivity contribution is 5.77. The van der Waals surface area contributed by atoms with Crippen LogP contribution in [0.25, 0.3) is 0 Å². The van der Waals surface area contributed by atoms with E-state index in [2.05, 4.69) is 10.6 Å². The van der Waals surface area contributed by atoms with Gasteiger partial charge in [-0.25, -0.2) is 0 Å². The molecule has 0 aliphatic heterocycles. The van der Waals surface area contributed by atoms with Gasteiger partial charge in [-0.1, -0.05) is 12.1 Å². The molecule has 1 aromatic rings. The third-order valence-corrected chi connectivity index (χ3v) is 2.72. The molecule has 0 spiro atoms. The number of amides is 1.